The Balaban J connectivity index is 3.07. The van der Waals surface area contributed by atoms with Crippen molar-refractivity contribution in [3.63, 3.8) is 0 Å². The molecule has 7 heteroatoms. The molecule has 5 nitrogen and oxygen atoms in total. The van der Waals surface area contributed by atoms with Gasteiger partial charge in [-0.15, -0.1) is 0 Å². The Bertz CT molecular complexity index is 770. The Morgan fingerprint density at radius 1 is 1.16 bits per heavy atom. The van der Waals surface area contributed by atoms with E-state index in [0.717, 1.165) is 11.1 Å². The summed E-state index contributed by atoms with van der Waals surface area (Å²) in [6.07, 6.45) is 0.249. The van der Waals surface area contributed by atoms with Crippen LogP contribution in [0.2, 0.25) is 5.04 Å². The maximum atomic E-state index is 14.1. The average molecular weight is 453 g/mol. The number of hydrogen-bond donors (Lipinski definition) is 1. The van der Waals surface area contributed by atoms with Gasteiger partial charge in [0, 0.05) is 6.42 Å². The van der Waals surface area contributed by atoms with E-state index in [1.54, 1.807) is 6.07 Å². The number of methoxy groups -OCH3 is 1. The summed E-state index contributed by atoms with van der Waals surface area (Å²) in [6.45, 7) is 13.8. The highest BCUT2D eigenvalue weighted by molar-refractivity contribution is 6.31. The molecule has 0 amide bonds. The van der Waals surface area contributed by atoms with E-state index in [1.807, 2.05) is 27.7 Å². The fraction of sp³-hybridized carbons (Fsp3) is 0.667. The molecule has 1 atom stereocenters. The van der Waals surface area contributed by atoms with Crippen LogP contribution in [0.15, 0.2) is 18.2 Å². The van der Waals surface area contributed by atoms with Crippen molar-refractivity contribution in [2.24, 2.45) is 5.92 Å². The van der Waals surface area contributed by atoms with Gasteiger partial charge < -0.3 is 14.3 Å². The summed E-state index contributed by atoms with van der Waals surface area (Å²) in [7, 11) is 1.46. The Hall–Kier alpha value is -1.57. The number of aliphatic hydroxyl groups is 1. The standard InChI is InChI=1S/C24H37FO5Si/c1-16(2)24(28,15-19(26)14-21(27)29-8)12-11-17-9-10-18(25)13-20(17)23(6,7)30-31-22(3,4)5/h9-10,13,16,28H,11-12,14-15H2,1-8H3. The van der Waals surface area contributed by atoms with E-state index in [0.29, 0.717) is 12.8 Å². The maximum Gasteiger partial charge on any atom is 0.313 e. The van der Waals surface area contributed by atoms with Gasteiger partial charge in [0.05, 0.1) is 18.3 Å². The van der Waals surface area contributed by atoms with Crippen LogP contribution in [0.1, 0.15) is 78.9 Å². The Labute approximate surface area is 188 Å². The summed E-state index contributed by atoms with van der Waals surface area (Å²) in [5.41, 5.74) is -0.393. The zero-order chi connectivity index (χ0) is 24.0. The molecule has 0 aliphatic carbocycles. The SMILES string of the molecule is COC(=O)CC(=O)CC(O)(CCc1ccc(F)cc1C(C)(C)O[Si]C(C)(C)C)C(C)C. The van der Waals surface area contributed by atoms with Crippen LogP contribution in [0.25, 0.3) is 0 Å². The summed E-state index contributed by atoms with van der Waals surface area (Å²) in [5, 5.41) is 11.2. The van der Waals surface area contributed by atoms with E-state index < -0.39 is 17.2 Å². The minimum atomic E-state index is -1.28. The van der Waals surface area contributed by atoms with Crippen molar-refractivity contribution in [3.8, 4) is 0 Å². The lowest BCUT2D eigenvalue weighted by Crippen LogP contribution is -2.39. The van der Waals surface area contributed by atoms with Crippen molar-refractivity contribution in [2.45, 2.75) is 90.4 Å². The topological polar surface area (TPSA) is 72.8 Å². The molecule has 1 aromatic carbocycles. The zero-order valence-electron chi connectivity index (χ0n) is 20.1. The predicted molar refractivity (Wildman–Crippen MR) is 120 cm³/mol. The van der Waals surface area contributed by atoms with E-state index in [4.69, 9.17) is 4.43 Å². The largest absolute Gasteiger partial charge is 0.469 e. The zero-order valence-corrected chi connectivity index (χ0v) is 21.1. The van der Waals surface area contributed by atoms with Crippen LogP contribution in [-0.2, 0) is 30.8 Å². The van der Waals surface area contributed by atoms with Crippen molar-refractivity contribution in [1.29, 1.82) is 0 Å². The third kappa shape index (κ3) is 8.83. The molecule has 1 unspecified atom stereocenters. The van der Waals surface area contributed by atoms with Crippen LogP contribution in [0.4, 0.5) is 4.39 Å². The lowest BCUT2D eigenvalue weighted by atomic mass is 9.79. The molecule has 0 bridgehead atoms. The molecule has 0 saturated heterocycles. The van der Waals surface area contributed by atoms with E-state index in [9.17, 15) is 19.1 Å². The molecular formula is C24H37FO5Si. The van der Waals surface area contributed by atoms with Gasteiger partial charge in [0.25, 0.3) is 0 Å². The quantitative estimate of drug-likeness (QED) is 0.298. The molecule has 1 aromatic rings. The number of halogens is 1. The molecule has 0 aliphatic heterocycles. The van der Waals surface area contributed by atoms with Crippen LogP contribution >= 0.6 is 0 Å². The van der Waals surface area contributed by atoms with E-state index in [-0.39, 0.29) is 45.2 Å². The fourth-order valence-electron chi connectivity index (χ4n) is 3.23. The smallest absolute Gasteiger partial charge is 0.313 e. The van der Waals surface area contributed by atoms with Crippen molar-refractivity contribution < 1.29 is 28.2 Å². The number of carbonyl (C=O) groups excluding carboxylic acids is 2. The number of ketones is 1. The third-order valence-corrected chi connectivity index (χ3v) is 6.53. The van der Waals surface area contributed by atoms with Gasteiger partial charge in [-0.2, -0.15) is 0 Å². The van der Waals surface area contributed by atoms with Gasteiger partial charge in [0.1, 0.15) is 18.0 Å². The van der Waals surface area contributed by atoms with Gasteiger partial charge >= 0.3 is 5.97 Å². The second kappa shape index (κ2) is 10.8. The van der Waals surface area contributed by atoms with Gasteiger partial charge in [0.15, 0.2) is 0 Å². The summed E-state index contributed by atoms with van der Waals surface area (Å²) < 4.78 is 24.8. The average Bonchev–Trinajstić information content (AvgIpc) is 2.64. The molecule has 1 rings (SSSR count). The number of aryl methyl sites for hydroxylation is 1. The highest BCUT2D eigenvalue weighted by Crippen LogP contribution is 2.34. The number of benzene rings is 1. The van der Waals surface area contributed by atoms with Crippen LogP contribution in [0, 0.1) is 11.7 Å². The van der Waals surface area contributed by atoms with Crippen molar-refractivity contribution in [1.82, 2.24) is 0 Å². The third-order valence-electron chi connectivity index (χ3n) is 5.31. The maximum absolute atomic E-state index is 14.1. The number of ether oxygens (including phenoxy) is 1. The number of esters is 1. The summed E-state index contributed by atoms with van der Waals surface area (Å²) in [6, 6.07) is 4.60. The van der Waals surface area contributed by atoms with Gasteiger partial charge in [-0.3, -0.25) is 9.59 Å². The highest BCUT2D eigenvalue weighted by Gasteiger charge is 2.35. The van der Waals surface area contributed by atoms with Crippen molar-refractivity contribution in [2.75, 3.05) is 7.11 Å². The molecule has 0 heterocycles. The molecule has 2 radical (unpaired) electrons. The molecule has 0 spiro atoms. The molecule has 0 aromatic heterocycles. The van der Waals surface area contributed by atoms with Crippen molar-refractivity contribution >= 4 is 21.5 Å². The van der Waals surface area contributed by atoms with Crippen LogP contribution < -0.4 is 0 Å². The van der Waals surface area contributed by atoms with Crippen LogP contribution in [0.3, 0.4) is 0 Å². The first-order valence-electron chi connectivity index (χ1n) is 10.6. The van der Waals surface area contributed by atoms with E-state index in [1.165, 1.54) is 19.2 Å². The van der Waals surface area contributed by atoms with Gasteiger partial charge in [0.2, 0.25) is 9.76 Å². The number of Topliss-reactive ketones (excluding diaryl/α,β-unsaturated/α-hetero) is 1. The number of rotatable bonds is 11. The second-order valence-electron chi connectivity index (χ2n) is 9.99. The van der Waals surface area contributed by atoms with Gasteiger partial charge in [-0.25, -0.2) is 4.39 Å². The monoisotopic (exact) mass is 452 g/mol. The Morgan fingerprint density at radius 3 is 2.29 bits per heavy atom. The molecule has 31 heavy (non-hydrogen) atoms. The molecule has 0 fully saturated rings. The minimum absolute atomic E-state index is 0.0113. The molecule has 174 valence electrons. The normalized spacial score (nSPS) is 14.4. The fourth-order valence-corrected chi connectivity index (χ4v) is 3.90. The first-order valence-corrected chi connectivity index (χ1v) is 11.6. The predicted octanol–water partition coefficient (Wildman–Crippen LogP) is 4.76. The lowest BCUT2D eigenvalue weighted by molar-refractivity contribution is -0.144. The highest BCUT2D eigenvalue weighted by atomic mass is 28.2. The molecule has 1 N–H and O–H groups in total. The minimum Gasteiger partial charge on any atom is -0.469 e. The molecule has 0 aliphatic rings. The second-order valence-corrected chi connectivity index (χ2v) is 11.9. The van der Waals surface area contributed by atoms with E-state index in [2.05, 4.69) is 25.5 Å². The van der Waals surface area contributed by atoms with Gasteiger partial charge in [-0.05, 0) is 60.9 Å². The number of hydrogen-bond acceptors (Lipinski definition) is 5. The van der Waals surface area contributed by atoms with Crippen LogP contribution in [0.5, 0.6) is 0 Å². The Morgan fingerprint density at radius 2 is 1.77 bits per heavy atom. The lowest BCUT2D eigenvalue weighted by Gasteiger charge is -2.34. The molecular weight excluding hydrogens is 415 g/mol. The summed E-state index contributed by atoms with van der Waals surface area (Å²) in [4.78, 5) is 23.7. The summed E-state index contributed by atoms with van der Waals surface area (Å²) in [5.74, 6) is -1.53. The van der Waals surface area contributed by atoms with Crippen LogP contribution in [-0.4, -0.2) is 39.3 Å². The number of carbonyl (C=O) groups is 2. The summed E-state index contributed by atoms with van der Waals surface area (Å²) >= 11 is 0. The first-order chi connectivity index (χ1) is 14.1. The first kappa shape index (κ1) is 27.5. The Kier molecular flexibility index (Phi) is 9.60. The molecule has 0 saturated carbocycles. The van der Waals surface area contributed by atoms with Gasteiger partial charge in [-0.1, -0.05) is 40.7 Å². The van der Waals surface area contributed by atoms with E-state index >= 15 is 0 Å². The van der Waals surface area contributed by atoms with Crippen molar-refractivity contribution in [3.05, 3.63) is 35.1 Å².